The quantitative estimate of drug-likeness (QED) is 0.818. The van der Waals surface area contributed by atoms with Crippen LogP contribution in [0.25, 0.3) is 0 Å². The molecular formula is C13H17BrCl2N2O2S. The maximum Gasteiger partial charge on any atom is 0.243 e. The number of rotatable bonds is 4. The highest BCUT2D eigenvalue weighted by Crippen LogP contribution is 2.33. The molecule has 2 rings (SSSR count). The van der Waals surface area contributed by atoms with Gasteiger partial charge in [-0.25, -0.2) is 13.1 Å². The minimum Gasteiger partial charge on any atom is -0.302 e. The maximum absolute atomic E-state index is 12.5. The lowest BCUT2D eigenvalue weighted by molar-refractivity contribution is 0.211. The van der Waals surface area contributed by atoms with Gasteiger partial charge in [-0.2, -0.15) is 0 Å². The van der Waals surface area contributed by atoms with Crippen LogP contribution < -0.4 is 4.72 Å². The summed E-state index contributed by atoms with van der Waals surface area (Å²) in [4.78, 5) is 2.17. The van der Waals surface area contributed by atoms with Crippen molar-refractivity contribution in [1.29, 1.82) is 0 Å². The van der Waals surface area contributed by atoms with Crippen molar-refractivity contribution in [2.45, 2.75) is 30.7 Å². The molecule has 1 atom stereocenters. The third-order valence-corrected chi connectivity index (χ3v) is 6.41. The summed E-state index contributed by atoms with van der Waals surface area (Å²) in [5.74, 6) is 0. The Morgan fingerprint density at radius 1 is 1.38 bits per heavy atom. The van der Waals surface area contributed by atoms with Crippen molar-refractivity contribution >= 4 is 49.2 Å². The van der Waals surface area contributed by atoms with Gasteiger partial charge in [-0.05, 0) is 38.1 Å². The van der Waals surface area contributed by atoms with Crippen LogP contribution in [0.15, 0.2) is 21.5 Å². The number of hydrogen-bond acceptors (Lipinski definition) is 3. The lowest BCUT2D eigenvalue weighted by Gasteiger charge is -2.32. The number of sulfonamides is 1. The van der Waals surface area contributed by atoms with E-state index in [1.807, 2.05) is 0 Å². The molecule has 1 heterocycles. The van der Waals surface area contributed by atoms with Gasteiger partial charge < -0.3 is 4.90 Å². The summed E-state index contributed by atoms with van der Waals surface area (Å²) in [5.41, 5.74) is 0. The van der Waals surface area contributed by atoms with Crippen molar-refractivity contribution in [3.63, 3.8) is 0 Å². The lowest BCUT2D eigenvalue weighted by Crippen LogP contribution is -2.47. The first-order valence-corrected chi connectivity index (χ1v) is 9.76. The highest BCUT2D eigenvalue weighted by molar-refractivity contribution is 9.10. The monoisotopic (exact) mass is 414 g/mol. The molecule has 1 unspecified atom stereocenters. The van der Waals surface area contributed by atoms with Gasteiger partial charge in [0, 0.05) is 17.1 Å². The summed E-state index contributed by atoms with van der Waals surface area (Å²) in [5, 5.41) is 0.232. The summed E-state index contributed by atoms with van der Waals surface area (Å²) in [6.07, 6.45) is 1.80. The molecule has 1 saturated heterocycles. The molecule has 118 valence electrons. The van der Waals surface area contributed by atoms with Crippen molar-refractivity contribution in [3.05, 3.63) is 26.7 Å². The van der Waals surface area contributed by atoms with Gasteiger partial charge in [0.1, 0.15) is 4.90 Å². The summed E-state index contributed by atoms with van der Waals surface area (Å²) in [6.45, 7) is 4.70. The number of benzene rings is 1. The fourth-order valence-electron chi connectivity index (χ4n) is 2.50. The van der Waals surface area contributed by atoms with Crippen molar-refractivity contribution in [3.8, 4) is 0 Å². The first-order valence-electron chi connectivity index (χ1n) is 6.72. The van der Waals surface area contributed by atoms with E-state index in [2.05, 4.69) is 32.5 Å². The van der Waals surface area contributed by atoms with Gasteiger partial charge in [0.2, 0.25) is 10.0 Å². The summed E-state index contributed by atoms with van der Waals surface area (Å²) in [6, 6.07) is 2.95. The van der Waals surface area contributed by atoms with Crippen molar-refractivity contribution < 1.29 is 8.42 Å². The molecular weight excluding hydrogens is 399 g/mol. The van der Waals surface area contributed by atoms with E-state index in [1.54, 1.807) is 0 Å². The van der Waals surface area contributed by atoms with Crippen LogP contribution in [0.2, 0.25) is 10.0 Å². The topological polar surface area (TPSA) is 49.4 Å². The van der Waals surface area contributed by atoms with Gasteiger partial charge in [0.15, 0.2) is 0 Å². The Morgan fingerprint density at radius 3 is 2.57 bits per heavy atom. The first kappa shape index (κ1) is 17.5. The van der Waals surface area contributed by atoms with Gasteiger partial charge in [-0.3, -0.25) is 0 Å². The van der Waals surface area contributed by atoms with Gasteiger partial charge in [0.25, 0.3) is 0 Å². The molecule has 1 aromatic carbocycles. The van der Waals surface area contributed by atoms with Crippen LogP contribution in [0.5, 0.6) is 0 Å². The second-order valence-electron chi connectivity index (χ2n) is 5.05. The molecule has 1 N–H and O–H groups in total. The minimum atomic E-state index is -3.73. The molecule has 1 aliphatic heterocycles. The number of nitrogens with zero attached hydrogens (tertiary/aromatic N) is 1. The highest BCUT2D eigenvalue weighted by Gasteiger charge is 2.28. The average Bonchev–Trinajstić information content (AvgIpc) is 2.36. The molecule has 8 heteroatoms. The Kier molecular flexibility index (Phi) is 5.96. The van der Waals surface area contributed by atoms with Crippen molar-refractivity contribution in [2.75, 3.05) is 19.6 Å². The van der Waals surface area contributed by atoms with E-state index in [0.29, 0.717) is 11.0 Å². The van der Waals surface area contributed by atoms with Crippen molar-refractivity contribution in [2.24, 2.45) is 0 Å². The molecule has 1 aromatic rings. The summed E-state index contributed by atoms with van der Waals surface area (Å²) < 4.78 is 28.4. The zero-order chi connectivity index (χ0) is 15.6. The zero-order valence-corrected chi connectivity index (χ0v) is 15.5. The van der Waals surface area contributed by atoms with E-state index in [0.717, 1.165) is 25.9 Å². The molecule has 0 spiro atoms. The Bertz CT molecular complexity index is 602. The molecule has 4 nitrogen and oxygen atoms in total. The van der Waals surface area contributed by atoms with Crippen LogP contribution in [-0.4, -0.2) is 39.0 Å². The SMILES string of the molecule is CCN1CCCC(NS(=O)(=O)c2c(Cl)cc(Br)cc2Cl)C1. The molecule has 0 saturated carbocycles. The Morgan fingerprint density at radius 2 is 2.00 bits per heavy atom. The smallest absolute Gasteiger partial charge is 0.243 e. The van der Waals surface area contributed by atoms with E-state index in [-0.39, 0.29) is 21.0 Å². The molecule has 0 bridgehead atoms. The second-order valence-corrected chi connectivity index (χ2v) is 8.43. The van der Waals surface area contributed by atoms with Crippen LogP contribution in [0.4, 0.5) is 0 Å². The zero-order valence-electron chi connectivity index (χ0n) is 11.6. The maximum atomic E-state index is 12.5. The van der Waals surface area contributed by atoms with Crippen molar-refractivity contribution in [1.82, 2.24) is 9.62 Å². The van der Waals surface area contributed by atoms with Gasteiger partial charge in [-0.15, -0.1) is 0 Å². The fraction of sp³-hybridized carbons (Fsp3) is 0.538. The summed E-state index contributed by atoms with van der Waals surface area (Å²) in [7, 11) is -3.73. The lowest BCUT2D eigenvalue weighted by atomic mass is 10.1. The average molecular weight is 416 g/mol. The number of halogens is 3. The van der Waals surface area contributed by atoms with Crippen LogP contribution in [0.1, 0.15) is 19.8 Å². The minimum absolute atomic E-state index is 0.0531. The third kappa shape index (κ3) is 4.33. The van der Waals surface area contributed by atoms with Crippen LogP contribution in [0.3, 0.4) is 0 Å². The highest BCUT2D eigenvalue weighted by atomic mass is 79.9. The number of hydrogen-bond donors (Lipinski definition) is 1. The predicted octanol–water partition coefficient (Wildman–Crippen LogP) is 3.52. The molecule has 0 aromatic heterocycles. The number of nitrogens with one attached hydrogen (secondary N) is 1. The molecule has 21 heavy (non-hydrogen) atoms. The van der Waals surface area contributed by atoms with Crippen LogP contribution in [0, 0.1) is 0 Å². The molecule has 0 aliphatic carbocycles. The standard InChI is InChI=1S/C13H17BrCl2N2O2S/c1-2-18-5-3-4-10(8-18)17-21(19,20)13-11(15)6-9(14)7-12(13)16/h6-7,10,17H,2-5,8H2,1H3. The van der Waals surface area contributed by atoms with Gasteiger partial charge in [0.05, 0.1) is 10.0 Å². The van der Waals surface area contributed by atoms with E-state index in [4.69, 9.17) is 23.2 Å². The van der Waals surface area contributed by atoms with E-state index >= 15 is 0 Å². The number of likely N-dealkylation sites (N-methyl/N-ethyl adjacent to an activating group) is 1. The number of piperidine rings is 1. The predicted molar refractivity (Wildman–Crippen MR) is 89.6 cm³/mol. The fourth-order valence-corrected chi connectivity index (χ4v) is 5.70. The largest absolute Gasteiger partial charge is 0.302 e. The summed E-state index contributed by atoms with van der Waals surface area (Å²) >= 11 is 15.3. The Labute approximate surface area is 144 Å². The first-order chi connectivity index (χ1) is 9.83. The second kappa shape index (κ2) is 7.15. The molecule has 1 aliphatic rings. The third-order valence-electron chi connectivity index (χ3n) is 3.51. The molecule has 1 fully saturated rings. The van der Waals surface area contributed by atoms with Gasteiger partial charge in [-0.1, -0.05) is 46.1 Å². The molecule has 0 radical (unpaired) electrons. The van der Waals surface area contributed by atoms with Crippen LogP contribution >= 0.6 is 39.1 Å². The van der Waals surface area contributed by atoms with Gasteiger partial charge >= 0.3 is 0 Å². The van der Waals surface area contributed by atoms with Crippen LogP contribution in [-0.2, 0) is 10.0 Å². The normalized spacial score (nSPS) is 20.7. The van der Waals surface area contributed by atoms with E-state index in [1.165, 1.54) is 12.1 Å². The Balaban J connectivity index is 2.23. The Hall–Kier alpha value is 0.150. The number of likely N-dealkylation sites (tertiary alicyclic amines) is 1. The van der Waals surface area contributed by atoms with E-state index < -0.39 is 10.0 Å². The molecule has 0 amide bonds. The van der Waals surface area contributed by atoms with E-state index in [9.17, 15) is 8.42 Å².